The Labute approximate surface area is 164 Å². The number of ether oxygens (including phenoxy) is 1. The van der Waals surface area contributed by atoms with Crippen LogP contribution in [-0.2, 0) is 4.74 Å². The topological polar surface area (TPSA) is 86.8 Å². The van der Waals surface area contributed by atoms with Gasteiger partial charge in [-0.15, -0.1) is 0 Å². The Morgan fingerprint density at radius 3 is 2.15 bits per heavy atom. The lowest BCUT2D eigenvalue weighted by Gasteiger charge is -2.32. The second kappa shape index (κ2) is 8.67. The van der Waals surface area contributed by atoms with Gasteiger partial charge in [0.25, 0.3) is 0 Å². The van der Waals surface area contributed by atoms with Crippen molar-refractivity contribution >= 4 is 12.1 Å². The van der Waals surface area contributed by atoms with Gasteiger partial charge in [0.1, 0.15) is 5.60 Å². The molecule has 1 amide bonds. The first kappa shape index (κ1) is 21.8. The van der Waals surface area contributed by atoms with E-state index in [0.717, 1.165) is 25.2 Å². The molecule has 156 valence electrons. The molecule has 0 bridgehead atoms. The monoisotopic (exact) mass is 381 g/mol. The Morgan fingerprint density at radius 1 is 1.04 bits per heavy atom. The maximum atomic E-state index is 12.1. The number of hydrogen-bond donors (Lipinski definition) is 4. The van der Waals surface area contributed by atoms with Crippen LogP contribution in [0.2, 0.25) is 0 Å². The number of nitrogens with zero attached hydrogens (tertiary/aromatic N) is 1. The van der Waals surface area contributed by atoms with Crippen molar-refractivity contribution in [1.29, 1.82) is 0 Å². The number of carbonyl (C=O) groups excluding carboxylic acids is 1. The van der Waals surface area contributed by atoms with Crippen molar-refractivity contribution < 1.29 is 9.53 Å². The Bertz CT molecular complexity index is 537. The fourth-order valence-corrected chi connectivity index (χ4v) is 3.34. The van der Waals surface area contributed by atoms with Gasteiger partial charge in [-0.3, -0.25) is 0 Å². The standard InChI is InChI=1S/C20H39N5O2/c1-13(20(5,6)25-14-11-12-14)22-17(21-7)23-15-9-8-10-16(15)24-18(26)27-19(2,3)4/h13-16,25H,8-12H2,1-7H3,(H,24,26)(H2,21,22,23)/t13?,15-,16+/m1/s1. The number of rotatable bonds is 6. The third-order valence-electron chi connectivity index (χ3n) is 5.30. The number of nitrogens with one attached hydrogen (secondary N) is 4. The summed E-state index contributed by atoms with van der Waals surface area (Å²) in [6.45, 7) is 12.2. The lowest BCUT2D eigenvalue weighted by atomic mass is 9.96. The Morgan fingerprint density at radius 2 is 1.63 bits per heavy atom. The molecule has 2 fully saturated rings. The molecule has 2 saturated carbocycles. The first-order chi connectivity index (χ1) is 12.5. The summed E-state index contributed by atoms with van der Waals surface area (Å²) in [5, 5.41) is 13.4. The van der Waals surface area contributed by atoms with Crippen molar-refractivity contribution in [2.24, 2.45) is 4.99 Å². The molecule has 2 rings (SSSR count). The summed E-state index contributed by atoms with van der Waals surface area (Å²) in [5.74, 6) is 0.774. The van der Waals surface area contributed by atoms with E-state index in [1.54, 1.807) is 0 Å². The zero-order valence-corrected chi connectivity index (χ0v) is 18.1. The maximum absolute atomic E-state index is 12.1. The number of aliphatic imine (C=N–C) groups is 1. The van der Waals surface area contributed by atoms with E-state index in [0.29, 0.717) is 6.04 Å². The molecule has 0 aliphatic heterocycles. The first-order valence-corrected chi connectivity index (χ1v) is 10.3. The molecule has 0 heterocycles. The summed E-state index contributed by atoms with van der Waals surface area (Å²) in [6.07, 6.45) is 5.18. The summed E-state index contributed by atoms with van der Waals surface area (Å²) >= 11 is 0. The van der Waals surface area contributed by atoms with E-state index >= 15 is 0 Å². The van der Waals surface area contributed by atoms with Gasteiger partial charge in [-0.1, -0.05) is 0 Å². The van der Waals surface area contributed by atoms with Crippen LogP contribution in [0.4, 0.5) is 4.79 Å². The zero-order valence-electron chi connectivity index (χ0n) is 18.1. The second-order valence-corrected chi connectivity index (χ2v) is 9.48. The fraction of sp³-hybridized carbons (Fsp3) is 0.900. The van der Waals surface area contributed by atoms with E-state index in [2.05, 4.69) is 42.0 Å². The molecule has 4 N–H and O–H groups in total. The number of amides is 1. The van der Waals surface area contributed by atoms with Crippen LogP contribution < -0.4 is 21.3 Å². The van der Waals surface area contributed by atoms with E-state index < -0.39 is 5.60 Å². The quantitative estimate of drug-likeness (QED) is 0.420. The highest BCUT2D eigenvalue weighted by Gasteiger charge is 2.34. The van der Waals surface area contributed by atoms with Gasteiger partial charge >= 0.3 is 6.09 Å². The van der Waals surface area contributed by atoms with Crippen LogP contribution in [0.5, 0.6) is 0 Å². The molecule has 0 saturated heterocycles. The molecule has 3 atom stereocenters. The first-order valence-electron chi connectivity index (χ1n) is 10.3. The van der Waals surface area contributed by atoms with Crippen molar-refractivity contribution in [2.45, 2.75) is 109 Å². The Kier molecular flexibility index (Phi) is 7.00. The van der Waals surface area contributed by atoms with Gasteiger partial charge < -0.3 is 26.0 Å². The van der Waals surface area contributed by atoms with Gasteiger partial charge in [0, 0.05) is 24.7 Å². The lowest BCUT2D eigenvalue weighted by Crippen LogP contribution is -2.53. The molecule has 7 heteroatoms. The molecule has 1 unspecified atom stereocenters. The number of alkyl carbamates (subject to hydrolysis) is 1. The SMILES string of the molecule is CN/C(=N\C(C)C(C)(C)NC1CC1)N[C@@H]1CCC[C@@H]1NC(=O)OC(C)(C)C. The molecule has 0 aromatic carbocycles. The minimum atomic E-state index is -0.487. The van der Waals surface area contributed by atoms with E-state index in [9.17, 15) is 4.79 Å². The largest absolute Gasteiger partial charge is 0.444 e. The van der Waals surface area contributed by atoms with Crippen LogP contribution in [0.25, 0.3) is 0 Å². The van der Waals surface area contributed by atoms with E-state index in [1.807, 2.05) is 27.8 Å². The Balaban J connectivity index is 1.93. The van der Waals surface area contributed by atoms with Crippen LogP contribution in [0, 0.1) is 0 Å². The molecule has 0 aromatic heterocycles. The molecule has 2 aliphatic carbocycles. The highest BCUT2D eigenvalue weighted by atomic mass is 16.6. The summed E-state index contributed by atoms with van der Waals surface area (Å²) in [6, 6.07) is 0.953. The highest BCUT2D eigenvalue weighted by Crippen LogP contribution is 2.25. The minimum absolute atomic E-state index is 0.0475. The minimum Gasteiger partial charge on any atom is -0.444 e. The zero-order chi connectivity index (χ0) is 20.2. The molecular weight excluding hydrogens is 342 g/mol. The predicted octanol–water partition coefficient (Wildman–Crippen LogP) is 2.52. The third kappa shape index (κ3) is 7.20. The van der Waals surface area contributed by atoms with Gasteiger partial charge in [-0.05, 0) is 73.6 Å². The van der Waals surface area contributed by atoms with Crippen LogP contribution in [0.15, 0.2) is 4.99 Å². The van der Waals surface area contributed by atoms with Gasteiger partial charge in [-0.25, -0.2) is 9.79 Å². The smallest absolute Gasteiger partial charge is 0.407 e. The van der Waals surface area contributed by atoms with E-state index in [-0.39, 0.29) is 29.8 Å². The van der Waals surface area contributed by atoms with Crippen molar-refractivity contribution in [3.8, 4) is 0 Å². The molecule has 2 aliphatic rings. The van der Waals surface area contributed by atoms with Crippen molar-refractivity contribution in [2.75, 3.05) is 7.05 Å². The molecule has 0 radical (unpaired) electrons. The van der Waals surface area contributed by atoms with Crippen molar-refractivity contribution in [1.82, 2.24) is 21.3 Å². The van der Waals surface area contributed by atoms with Crippen molar-refractivity contribution in [3.05, 3.63) is 0 Å². The second-order valence-electron chi connectivity index (χ2n) is 9.48. The van der Waals surface area contributed by atoms with Gasteiger partial charge in [0.2, 0.25) is 0 Å². The molecule has 7 nitrogen and oxygen atoms in total. The average Bonchev–Trinajstić information content (AvgIpc) is 3.23. The fourth-order valence-electron chi connectivity index (χ4n) is 3.34. The van der Waals surface area contributed by atoms with Crippen LogP contribution in [0.3, 0.4) is 0 Å². The average molecular weight is 382 g/mol. The maximum Gasteiger partial charge on any atom is 0.407 e. The van der Waals surface area contributed by atoms with Crippen LogP contribution in [-0.4, -0.2) is 54.4 Å². The van der Waals surface area contributed by atoms with Gasteiger partial charge in [0.15, 0.2) is 5.96 Å². The summed E-state index contributed by atoms with van der Waals surface area (Å²) in [4.78, 5) is 17.0. The predicted molar refractivity (Wildman–Crippen MR) is 110 cm³/mol. The normalized spacial score (nSPS) is 25.1. The number of guanidine groups is 1. The third-order valence-corrected chi connectivity index (χ3v) is 5.30. The molecule has 27 heavy (non-hydrogen) atoms. The summed E-state index contributed by atoms with van der Waals surface area (Å²) in [7, 11) is 1.88. The van der Waals surface area contributed by atoms with E-state index in [4.69, 9.17) is 9.73 Å². The number of hydrogen-bond acceptors (Lipinski definition) is 4. The highest BCUT2D eigenvalue weighted by molar-refractivity contribution is 5.80. The summed E-state index contributed by atoms with van der Waals surface area (Å²) in [5.41, 5.74) is -0.548. The molecule has 0 spiro atoms. The Hall–Kier alpha value is -1.50. The van der Waals surface area contributed by atoms with Gasteiger partial charge in [-0.2, -0.15) is 0 Å². The number of carbonyl (C=O) groups is 1. The lowest BCUT2D eigenvalue weighted by molar-refractivity contribution is 0.0499. The van der Waals surface area contributed by atoms with Crippen molar-refractivity contribution in [3.63, 3.8) is 0 Å². The van der Waals surface area contributed by atoms with E-state index in [1.165, 1.54) is 12.8 Å². The van der Waals surface area contributed by atoms with Gasteiger partial charge in [0.05, 0.1) is 12.1 Å². The molecule has 0 aromatic rings. The van der Waals surface area contributed by atoms with Crippen LogP contribution in [0.1, 0.15) is 73.6 Å². The molecular formula is C20H39N5O2. The summed E-state index contributed by atoms with van der Waals surface area (Å²) < 4.78 is 5.40. The van der Waals surface area contributed by atoms with Crippen LogP contribution >= 0.6 is 0 Å².